The zero-order valence-corrected chi connectivity index (χ0v) is 13.8. The van der Waals surface area contributed by atoms with Gasteiger partial charge in [-0.05, 0) is 46.8 Å². The van der Waals surface area contributed by atoms with Gasteiger partial charge in [0.1, 0.15) is 0 Å². The van der Waals surface area contributed by atoms with Crippen LogP contribution in [0.15, 0.2) is 10.7 Å². The lowest BCUT2D eigenvalue weighted by Crippen LogP contribution is -2.25. The first-order chi connectivity index (χ1) is 9.19. The molecule has 7 heteroatoms. The van der Waals surface area contributed by atoms with Crippen molar-refractivity contribution < 1.29 is 0 Å². The molecule has 0 amide bonds. The molecule has 0 aliphatic heterocycles. The van der Waals surface area contributed by atoms with Gasteiger partial charge in [0.05, 0.1) is 33.0 Å². The number of hydrogen-bond donors (Lipinski definition) is 1. The maximum atomic E-state index is 4.30. The lowest BCUT2D eigenvalue weighted by Gasteiger charge is -2.18. The van der Waals surface area contributed by atoms with E-state index >= 15 is 0 Å². The normalized spacial score (nSPS) is 12.8. The topological polar surface area (TPSA) is 55.6 Å². The molecule has 2 aromatic rings. The first kappa shape index (κ1) is 14.6. The van der Waals surface area contributed by atoms with E-state index in [9.17, 15) is 0 Å². The van der Waals surface area contributed by atoms with Crippen molar-refractivity contribution >= 4 is 27.5 Å². The average Bonchev–Trinajstić information content (AvgIpc) is 3.00. The van der Waals surface area contributed by atoms with Crippen LogP contribution >= 0.6 is 27.5 Å². The van der Waals surface area contributed by atoms with Crippen molar-refractivity contribution in [2.24, 2.45) is 7.05 Å². The molecule has 0 fully saturated rings. The number of rotatable bonds is 6. The van der Waals surface area contributed by atoms with Crippen molar-refractivity contribution in [1.82, 2.24) is 24.7 Å². The molecule has 2 rings (SSSR count). The van der Waals surface area contributed by atoms with Gasteiger partial charge in [-0.2, -0.15) is 5.10 Å². The number of aryl methyl sites for hydroxylation is 2. The molecular weight excluding hydrogens is 326 g/mol. The Labute approximate surface area is 125 Å². The Balaban J connectivity index is 2.41. The van der Waals surface area contributed by atoms with Gasteiger partial charge in [-0.15, -0.1) is 5.10 Å². The van der Waals surface area contributed by atoms with E-state index in [1.54, 1.807) is 0 Å². The highest BCUT2D eigenvalue weighted by atomic mass is 79.9. The molecule has 0 aliphatic carbocycles. The van der Waals surface area contributed by atoms with E-state index in [4.69, 9.17) is 0 Å². The van der Waals surface area contributed by atoms with Crippen LogP contribution in [-0.4, -0.2) is 25.9 Å². The summed E-state index contributed by atoms with van der Waals surface area (Å²) in [6.07, 6.45) is 3.81. The van der Waals surface area contributed by atoms with E-state index in [1.165, 1.54) is 16.4 Å². The first-order valence-electron chi connectivity index (χ1n) is 6.40. The smallest absolute Gasteiger partial charge is 0.0888 e. The van der Waals surface area contributed by atoms with Crippen LogP contribution in [0.25, 0.3) is 0 Å². The minimum Gasteiger partial charge on any atom is -0.304 e. The molecule has 0 aromatic carbocycles. The number of nitrogens with one attached hydrogen (secondary N) is 1. The molecular formula is C12H18BrN5S. The standard InChI is InChI=1S/C12H18BrN5S/c1-4-6-14-10(11-8(13)7-15-18(11)3)12-9(5-2)16-17-19-12/h7,10,14H,4-6H2,1-3H3. The Bertz CT molecular complexity index is 516. The van der Waals surface area contributed by atoms with Gasteiger partial charge in [0.15, 0.2) is 0 Å². The highest BCUT2D eigenvalue weighted by Gasteiger charge is 2.24. The van der Waals surface area contributed by atoms with Crippen molar-refractivity contribution in [3.8, 4) is 0 Å². The van der Waals surface area contributed by atoms with Gasteiger partial charge >= 0.3 is 0 Å². The monoisotopic (exact) mass is 343 g/mol. The second-order valence-corrected chi connectivity index (χ2v) is 5.97. The third-order valence-corrected chi connectivity index (χ3v) is 4.43. The molecule has 2 aromatic heterocycles. The van der Waals surface area contributed by atoms with Crippen LogP contribution in [0.4, 0.5) is 0 Å². The van der Waals surface area contributed by atoms with E-state index in [-0.39, 0.29) is 6.04 Å². The quantitative estimate of drug-likeness (QED) is 0.875. The second kappa shape index (κ2) is 6.58. The van der Waals surface area contributed by atoms with Crippen LogP contribution in [0.2, 0.25) is 0 Å². The summed E-state index contributed by atoms with van der Waals surface area (Å²) in [5.74, 6) is 0. The molecule has 104 valence electrons. The third-order valence-electron chi connectivity index (χ3n) is 2.99. The molecule has 0 spiro atoms. The zero-order chi connectivity index (χ0) is 13.8. The summed E-state index contributed by atoms with van der Waals surface area (Å²) < 4.78 is 7.01. The van der Waals surface area contributed by atoms with Gasteiger partial charge in [0.25, 0.3) is 0 Å². The fourth-order valence-corrected chi connectivity index (χ4v) is 3.42. The summed E-state index contributed by atoms with van der Waals surface area (Å²) in [4.78, 5) is 1.18. The summed E-state index contributed by atoms with van der Waals surface area (Å²) in [5.41, 5.74) is 2.18. The summed E-state index contributed by atoms with van der Waals surface area (Å²) in [7, 11) is 1.96. The van der Waals surface area contributed by atoms with Gasteiger partial charge in [-0.25, -0.2) is 0 Å². The van der Waals surface area contributed by atoms with Crippen LogP contribution in [0.3, 0.4) is 0 Å². The summed E-state index contributed by atoms with van der Waals surface area (Å²) in [5, 5.41) is 12.1. The number of hydrogen-bond acceptors (Lipinski definition) is 5. The Morgan fingerprint density at radius 3 is 2.84 bits per heavy atom. The first-order valence-corrected chi connectivity index (χ1v) is 7.97. The minimum absolute atomic E-state index is 0.0942. The Morgan fingerprint density at radius 1 is 1.47 bits per heavy atom. The van der Waals surface area contributed by atoms with Crippen LogP contribution < -0.4 is 5.32 Å². The molecule has 0 radical (unpaired) electrons. The molecule has 0 saturated carbocycles. The summed E-state index contributed by atoms with van der Waals surface area (Å²) in [6.45, 7) is 5.22. The van der Waals surface area contributed by atoms with Crippen LogP contribution in [0.5, 0.6) is 0 Å². The third kappa shape index (κ3) is 3.04. The highest BCUT2D eigenvalue weighted by molar-refractivity contribution is 9.10. The Kier molecular flexibility index (Phi) is 5.06. The van der Waals surface area contributed by atoms with E-state index < -0.39 is 0 Å². The molecule has 1 N–H and O–H groups in total. The van der Waals surface area contributed by atoms with Crippen LogP contribution in [0, 0.1) is 0 Å². The highest BCUT2D eigenvalue weighted by Crippen LogP contribution is 2.31. The SMILES string of the molecule is CCCNC(c1snnc1CC)c1c(Br)cnn1C. The van der Waals surface area contributed by atoms with Gasteiger partial charge in [0.2, 0.25) is 0 Å². The van der Waals surface area contributed by atoms with Gasteiger partial charge in [-0.1, -0.05) is 18.3 Å². The lowest BCUT2D eigenvalue weighted by molar-refractivity contribution is 0.554. The number of nitrogens with zero attached hydrogens (tertiary/aromatic N) is 4. The summed E-state index contributed by atoms with van der Waals surface area (Å²) >= 11 is 5.04. The molecule has 2 heterocycles. The van der Waals surface area contributed by atoms with E-state index in [0.717, 1.165) is 35.2 Å². The number of aromatic nitrogens is 4. The van der Waals surface area contributed by atoms with Crippen molar-refractivity contribution in [2.45, 2.75) is 32.7 Å². The van der Waals surface area contributed by atoms with E-state index in [0.29, 0.717) is 0 Å². The van der Waals surface area contributed by atoms with Crippen LogP contribution in [-0.2, 0) is 13.5 Å². The van der Waals surface area contributed by atoms with Gasteiger partial charge in [0, 0.05) is 7.05 Å². The van der Waals surface area contributed by atoms with Crippen molar-refractivity contribution in [3.05, 3.63) is 26.9 Å². The maximum Gasteiger partial charge on any atom is 0.0888 e. The van der Waals surface area contributed by atoms with Crippen LogP contribution in [0.1, 0.15) is 42.6 Å². The molecule has 19 heavy (non-hydrogen) atoms. The fraction of sp³-hybridized carbons (Fsp3) is 0.583. The van der Waals surface area contributed by atoms with Gasteiger partial charge < -0.3 is 5.32 Å². The average molecular weight is 344 g/mol. The van der Waals surface area contributed by atoms with E-state index in [2.05, 4.69) is 49.8 Å². The predicted molar refractivity (Wildman–Crippen MR) is 80.3 cm³/mol. The second-order valence-electron chi connectivity index (χ2n) is 4.33. The fourth-order valence-electron chi connectivity index (χ4n) is 2.03. The van der Waals surface area contributed by atoms with E-state index in [1.807, 2.05) is 17.9 Å². The molecule has 1 atom stereocenters. The Hall–Kier alpha value is -0.790. The van der Waals surface area contributed by atoms with Crippen molar-refractivity contribution in [3.63, 3.8) is 0 Å². The molecule has 5 nitrogen and oxygen atoms in total. The molecule has 0 saturated heterocycles. The minimum atomic E-state index is 0.0942. The summed E-state index contributed by atoms with van der Waals surface area (Å²) in [6, 6.07) is 0.0942. The predicted octanol–water partition coefficient (Wildman–Crippen LogP) is 2.69. The zero-order valence-electron chi connectivity index (χ0n) is 11.4. The molecule has 0 bridgehead atoms. The molecule has 1 unspecified atom stereocenters. The maximum absolute atomic E-state index is 4.30. The van der Waals surface area contributed by atoms with Crippen molar-refractivity contribution in [1.29, 1.82) is 0 Å². The largest absolute Gasteiger partial charge is 0.304 e. The number of halogens is 1. The van der Waals surface area contributed by atoms with Gasteiger partial charge in [-0.3, -0.25) is 4.68 Å². The molecule has 0 aliphatic rings. The Morgan fingerprint density at radius 2 is 2.26 bits per heavy atom. The van der Waals surface area contributed by atoms with Crippen molar-refractivity contribution in [2.75, 3.05) is 6.54 Å². The lowest BCUT2D eigenvalue weighted by atomic mass is 10.1.